The van der Waals surface area contributed by atoms with Gasteiger partial charge in [-0.2, -0.15) is 5.10 Å². The average Bonchev–Trinajstić information content (AvgIpc) is 3.17. The van der Waals surface area contributed by atoms with E-state index >= 15 is 0 Å². The van der Waals surface area contributed by atoms with Crippen molar-refractivity contribution >= 4 is 30.8 Å². The molecule has 0 spiro atoms. The predicted molar refractivity (Wildman–Crippen MR) is 104 cm³/mol. The topological polar surface area (TPSA) is 103 Å². The lowest BCUT2D eigenvalue weighted by atomic mass is 10.0. The van der Waals surface area contributed by atoms with Gasteiger partial charge in [-0.05, 0) is 17.7 Å². The van der Waals surface area contributed by atoms with Crippen molar-refractivity contribution in [3.63, 3.8) is 0 Å². The maximum absolute atomic E-state index is 10.3. The zero-order valence-corrected chi connectivity index (χ0v) is 15.4. The third kappa shape index (κ3) is 4.04. The van der Waals surface area contributed by atoms with Gasteiger partial charge in [0.25, 0.3) is 0 Å². The van der Waals surface area contributed by atoms with Crippen molar-refractivity contribution in [3.05, 3.63) is 36.8 Å². The maximum atomic E-state index is 10.3. The Kier molecular flexibility index (Phi) is 6.73. The van der Waals surface area contributed by atoms with E-state index < -0.39 is 0 Å². The second-order valence-electron chi connectivity index (χ2n) is 5.60. The van der Waals surface area contributed by atoms with Crippen LogP contribution in [0.15, 0.2) is 36.8 Å². The maximum Gasteiger partial charge on any atom is 0.245 e. The molecule has 0 saturated carbocycles. The van der Waals surface area contributed by atoms with E-state index in [4.69, 9.17) is 0 Å². The van der Waals surface area contributed by atoms with Gasteiger partial charge in [0.05, 0.1) is 12.4 Å². The Balaban J connectivity index is 0.00000121. The Bertz CT molecular complexity index is 821. The highest BCUT2D eigenvalue weighted by Gasteiger charge is 2.15. The third-order valence-electron chi connectivity index (χ3n) is 4.05. The molecule has 4 rings (SSSR count). The van der Waals surface area contributed by atoms with Crippen LogP contribution in [0.1, 0.15) is 0 Å². The molecule has 138 valence electrons. The monoisotopic (exact) mass is 395 g/mol. The molecule has 3 heterocycles. The highest BCUT2D eigenvalue weighted by Crippen LogP contribution is 2.31. The van der Waals surface area contributed by atoms with Crippen LogP contribution in [0.5, 0.6) is 5.75 Å². The third-order valence-corrected chi connectivity index (χ3v) is 4.05. The summed E-state index contributed by atoms with van der Waals surface area (Å²) in [5, 5.41) is 28.7. The molecule has 1 aromatic carbocycles. The summed E-state index contributed by atoms with van der Waals surface area (Å²) in [5.74, 6) is 0.759. The standard InChI is InChI=1S/C16H17N7O.2ClH/c24-15-7-11(12-8-19-20-9-12)1-2-13(15)14-10-18-16(22-21-14)23-5-3-17-4-6-23;;/h1-2,7-10,17,24H,3-6H2,(H,19,20);2*1H. The highest BCUT2D eigenvalue weighted by atomic mass is 35.5. The van der Waals surface area contributed by atoms with Crippen LogP contribution in [-0.4, -0.2) is 56.7 Å². The Morgan fingerprint density at radius 2 is 1.81 bits per heavy atom. The fourth-order valence-electron chi connectivity index (χ4n) is 2.74. The van der Waals surface area contributed by atoms with E-state index in [0.717, 1.165) is 37.3 Å². The molecule has 0 radical (unpaired) electrons. The number of benzene rings is 1. The Morgan fingerprint density at radius 1 is 1.00 bits per heavy atom. The van der Waals surface area contributed by atoms with Crippen molar-refractivity contribution < 1.29 is 5.11 Å². The van der Waals surface area contributed by atoms with E-state index in [-0.39, 0.29) is 30.6 Å². The number of aromatic hydroxyl groups is 1. The number of nitrogens with zero attached hydrogens (tertiary/aromatic N) is 5. The van der Waals surface area contributed by atoms with Crippen LogP contribution in [0.4, 0.5) is 5.95 Å². The van der Waals surface area contributed by atoms with Crippen molar-refractivity contribution in [1.82, 2.24) is 30.7 Å². The summed E-state index contributed by atoms with van der Waals surface area (Å²) < 4.78 is 0. The number of hydrogen-bond acceptors (Lipinski definition) is 7. The minimum absolute atomic E-state index is 0. The lowest BCUT2D eigenvalue weighted by Crippen LogP contribution is -2.44. The first-order valence-corrected chi connectivity index (χ1v) is 7.79. The first-order chi connectivity index (χ1) is 11.8. The molecule has 26 heavy (non-hydrogen) atoms. The molecule has 0 unspecified atom stereocenters. The number of hydrogen-bond donors (Lipinski definition) is 3. The van der Waals surface area contributed by atoms with Crippen LogP contribution < -0.4 is 10.2 Å². The summed E-state index contributed by atoms with van der Waals surface area (Å²) in [5.41, 5.74) is 2.94. The molecule has 0 bridgehead atoms. The summed E-state index contributed by atoms with van der Waals surface area (Å²) in [6.45, 7) is 3.57. The molecule has 0 atom stereocenters. The molecule has 0 amide bonds. The van der Waals surface area contributed by atoms with Gasteiger partial charge in [0.1, 0.15) is 11.4 Å². The molecule has 3 N–H and O–H groups in total. The van der Waals surface area contributed by atoms with Crippen LogP contribution in [0, 0.1) is 0 Å². The first kappa shape index (κ1) is 19.9. The van der Waals surface area contributed by atoms with Crippen molar-refractivity contribution in [1.29, 1.82) is 0 Å². The average molecular weight is 396 g/mol. The number of nitrogens with one attached hydrogen (secondary N) is 2. The van der Waals surface area contributed by atoms with Crippen LogP contribution in [0.2, 0.25) is 0 Å². The first-order valence-electron chi connectivity index (χ1n) is 7.79. The van der Waals surface area contributed by atoms with Crippen molar-refractivity contribution in [2.75, 3.05) is 31.1 Å². The quantitative estimate of drug-likeness (QED) is 0.621. The minimum atomic E-state index is 0. The van der Waals surface area contributed by atoms with Crippen molar-refractivity contribution in [2.24, 2.45) is 0 Å². The normalized spacial score (nSPS) is 13.6. The van der Waals surface area contributed by atoms with E-state index in [9.17, 15) is 5.11 Å². The largest absolute Gasteiger partial charge is 0.507 e. The number of aromatic nitrogens is 5. The Hall–Kier alpha value is -2.42. The number of H-pyrrole nitrogens is 1. The van der Waals surface area contributed by atoms with Crippen LogP contribution in [0.25, 0.3) is 22.4 Å². The van der Waals surface area contributed by atoms with Crippen molar-refractivity contribution in [3.8, 4) is 28.1 Å². The van der Waals surface area contributed by atoms with Crippen molar-refractivity contribution in [2.45, 2.75) is 0 Å². The Morgan fingerprint density at radius 3 is 2.42 bits per heavy atom. The van der Waals surface area contributed by atoms with Gasteiger partial charge in [0.2, 0.25) is 5.95 Å². The van der Waals surface area contributed by atoms with Gasteiger partial charge in [-0.15, -0.1) is 35.0 Å². The molecular formula is C16H19Cl2N7O. The summed E-state index contributed by atoms with van der Waals surface area (Å²) >= 11 is 0. The van der Waals surface area contributed by atoms with Crippen LogP contribution in [0.3, 0.4) is 0 Å². The second-order valence-corrected chi connectivity index (χ2v) is 5.60. The molecule has 0 aliphatic carbocycles. The van der Waals surface area contributed by atoms with Gasteiger partial charge >= 0.3 is 0 Å². The number of phenolic OH excluding ortho intramolecular Hbond substituents is 1. The van der Waals surface area contributed by atoms with Gasteiger partial charge < -0.3 is 15.3 Å². The number of rotatable bonds is 3. The van der Waals surface area contributed by atoms with E-state index in [0.29, 0.717) is 17.2 Å². The number of halogens is 2. The zero-order valence-electron chi connectivity index (χ0n) is 13.8. The Labute approximate surface area is 162 Å². The SMILES string of the molecule is Cl.Cl.Oc1cc(-c2cn[nH]c2)ccc1-c1cnc(N2CCNCC2)nn1. The van der Waals surface area contributed by atoms with Gasteiger partial charge in [-0.25, -0.2) is 4.98 Å². The molecule has 8 nitrogen and oxygen atoms in total. The summed E-state index contributed by atoms with van der Waals surface area (Å²) in [6, 6.07) is 5.41. The highest BCUT2D eigenvalue weighted by molar-refractivity contribution is 5.85. The molecule has 3 aromatic rings. The van der Waals surface area contributed by atoms with Crippen LogP contribution >= 0.6 is 24.8 Å². The number of piperazine rings is 1. The van der Waals surface area contributed by atoms with Gasteiger partial charge in [0, 0.05) is 43.5 Å². The van der Waals surface area contributed by atoms with E-state index in [1.54, 1.807) is 24.7 Å². The van der Waals surface area contributed by atoms with Gasteiger partial charge in [0.15, 0.2) is 0 Å². The second kappa shape index (κ2) is 8.79. The molecule has 2 aromatic heterocycles. The molecule has 1 aliphatic rings. The smallest absolute Gasteiger partial charge is 0.245 e. The summed E-state index contributed by atoms with van der Waals surface area (Å²) in [4.78, 5) is 6.48. The number of anilines is 1. The minimum Gasteiger partial charge on any atom is -0.507 e. The summed E-state index contributed by atoms with van der Waals surface area (Å²) in [6.07, 6.45) is 5.13. The predicted octanol–water partition coefficient (Wildman–Crippen LogP) is 1.89. The van der Waals surface area contributed by atoms with Gasteiger partial charge in [-0.3, -0.25) is 5.10 Å². The summed E-state index contributed by atoms with van der Waals surface area (Å²) in [7, 11) is 0. The molecular weight excluding hydrogens is 377 g/mol. The van der Waals surface area contributed by atoms with Gasteiger partial charge in [-0.1, -0.05) is 6.07 Å². The molecule has 10 heteroatoms. The number of aromatic amines is 1. The lowest BCUT2D eigenvalue weighted by molar-refractivity contribution is 0.477. The van der Waals surface area contributed by atoms with E-state index in [2.05, 4.69) is 35.6 Å². The molecule has 1 aliphatic heterocycles. The van der Waals surface area contributed by atoms with E-state index in [1.165, 1.54) is 0 Å². The van der Waals surface area contributed by atoms with E-state index in [1.807, 2.05) is 12.1 Å². The molecule has 1 saturated heterocycles. The molecule has 1 fully saturated rings. The van der Waals surface area contributed by atoms with Crippen LogP contribution in [-0.2, 0) is 0 Å². The fraction of sp³-hybridized carbons (Fsp3) is 0.250. The zero-order chi connectivity index (χ0) is 16.4. The fourth-order valence-corrected chi connectivity index (χ4v) is 2.74. The number of phenols is 1. The lowest BCUT2D eigenvalue weighted by Gasteiger charge is -2.26.